The van der Waals surface area contributed by atoms with E-state index in [-0.39, 0.29) is 0 Å². The minimum Gasteiger partial charge on any atom is -0.308 e. The van der Waals surface area contributed by atoms with Gasteiger partial charge in [-0.15, -0.1) is 0 Å². The first kappa shape index (κ1) is 26.5. The summed E-state index contributed by atoms with van der Waals surface area (Å²) in [5.41, 5.74) is 6.18. The third-order valence-corrected chi connectivity index (χ3v) is 12.0. The van der Waals surface area contributed by atoms with Gasteiger partial charge in [0.25, 0.3) is 0 Å². The first-order valence-electron chi connectivity index (χ1n) is 16.1. The molecular weight excluding hydrogens is 587 g/mol. The third-order valence-electron chi connectivity index (χ3n) is 9.62. The van der Waals surface area contributed by atoms with E-state index in [0.29, 0.717) is 0 Å². The zero-order chi connectivity index (χ0) is 30.9. The van der Waals surface area contributed by atoms with Crippen molar-refractivity contribution in [2.45, 2.75) is 0 Å². The Morgan fingerprint density at radius 1 is 0.340 bits per heavy atom. The fourth-order valence-corrected chi connectivity index (χ4v) is 10.1. The molecule has 2 heterocycles. The molecule has 0 spiro atoms. The van der Waals surface area contributed by atoms with Crippen LogP contribution in [0.15, 0.2) is 176 Å². The lowest BCUT2D eigenvalue weighted by Crippen LogP contribution is -2.17. The number of rotatable bonds is 4. The van der Waals surface area contributed by atoms with Gasteiger partial charge in [0.1, 0.15) is 0 Å². The summed E-state index contributed by atoms with van der Waals surface area (Å²) >= 11 is 0. The van der Waals surface area contributed by atoms with E-state index in [9.17, 15) is 0 Å². The van der Waals surface area contributed by atoms with Crippen molar-refractivity contribution < 1.29 is 0 Å². The minimum atomic E-state index is -0.979. The average Bonchev–Trinajstić information content (AvgIpc) is 3.66. The molecule has 0 atom stereocenters. The standard InChI is InChI=1S/C44H29N2P/c1-4-16-32(17-5-1)45-39-28-24-30-14-10-12-22-35(30)41(39)37-26-27-38-42-36-23-13-11-15-31(36)25-29-40(42)46(44(38)43(37)45)47(33-18-6-2-7-19-33)34-20-8-3-9-21-34/h1-29H. The Morgan fingerprint density at radius 3 is 1.40 bits per heavy atom. The molecule has 10 aromatic rings. The van der Waals surface area contributed by atoms with Crippen molar-refractivity contribution in [3.63, 3.8) is 0 Å². The Bertz CT molecular complexity index is 2740. The Balaban J connectivity index is 1.51. The van der Waals surface area contributed by atoms with Crippen LogP contribution in [-0.2, 0) is 0 Å². The van der Waals surface area contributed by atoms with Gasteiger partial charge in [0.2, 0.25) is 0 Å². The van der Waals surface area contributed by atoms with E-state index in [2.05, 4.69) is 185 Å². The van der Waals surface area contributed by atoms with Gasteiger partial charge < -0.3 is 8.90 Å². The molecule has 2 aromatic heterocycles. The highest BCUT2D eigenvalue weighted by atomic mass is 31.1. The summed E-state index contributed by atoms with van der Waals surface area (Å²) in [5.74, 6) is 0. The van der Waals surface area contributed by atoms with Gasteiger partial charge in [0, 0.05) is 37.8 Å². The molecule has 0 aliphatic rings. The summed E-state index contributed by atoms with van der Waals surface area (Å²) in [6, 6.07) is 64.7. The van der Waals surface area contributed by atoms with Crippen molar-refractivity contribution in [2.75, 3.05) is 0 Å². The number of para-hydroxylation sites is 1. The number of hydrogen-bond donors (Lipinski definition) is 0. The normalized spacial score (nSPS) is 12.0. The molecule has 47 heavy (non-hydrogen) atoms. The Kier molecular flexibility index (Phi) is 5.88. The summed E-state index contributed by atoms with van der Waals surface area (Å²) in [6.45, 7) is 0. The highest BCUT2D eigenvalue weighted by Crippen LogP contribution is 2.50. The second-order valence-corrected chi connectivity index (χ2v) is 14.2. The van der Waals surface area contributed by atoms with Crippen molar-refractivity contribution >= 4 is 83.8 Å². The van der Waals surface area contributed by atoms with E-state index in [0.717, 1.165) is 0 Å². The Morgan fingerprint density at radius 2 is 0.809 bits per heavy atom. The highest BCUT2D eigenvalue weighted by molar-refractivity contribution is 7.72. The van der Waals surface area contributed by atoms with Crippen molar-refractivity contribution in [2.24, 2.45) is 0 Å². The molecule has 0 N–H and O–H groups in total. The molecule has 0 bridgehead atoms. The predicted molar refractivity (Wildman–Crippen MR) is 203 cm³/mol. The molecule has 0 radical (unpaired) electrons. The van der Waals surface area contributed by atoms with Crippen molar-refractivity contribution in [3.8, 4) is 5.69 Å². The highest BCUT2D eigenvalue weighted by Gasteiger charge is 2.27. The quantitative estimate of drug-likeness (QED) is 0.174. The van der Waals surface area contributed by atoms with E-state index < -0.39 is 8.07 Å². The molecule has 0 unspecified atom stereocenters. The Labute approximate surface area is 273 Å². The zero-order valence-corrected chi connectivity index (χ0v) is 26.5. The molecule has 0 fully saturated rings. The third kappa shape index (κ3) is 3.89. The van der Waals surface area contributed by atoms with E-state index in [4.69, 9.17) is 0 Å². The van der Waals surface area contributed by atoms with E-state index in [1.165, 1.54) is 81.5 Å². The van der Waals surface area contributed by atoms with Crippen molar-refractivity contribution in [3.05, 3.63) is 176 Å². The maximum Gasteiger partial charge on any atom is 0.0788 e. The van der Waals surface area contributed by atoms with Crippen LogP contribution in [0, 0.1) is 0 Å². The van der Waals surface area contributed by atoms with Gasteiger partial charge in [-0.1, -0.05) is 152 Å². The number of fused-ring (bicyclic) bond motifs is 11. The minimum absolute atomic E-state index is 0.979. The van der Waals surface area contributed by atoms with Crippen LogP contribution < -0.4 is 10.6 Å². The lowest BCUT2D eigenvalue weighted by Gasteiger charge is -2.23. The maximum atomic E-state index is 2.69. The second-order valence-electron chi connectivity index (χ2n) is 12.2. The van der Waals surface area contributed by atoms with Crippen LogP contribution in [-0.4, -0.2) is 8.90 Å². The maximum absolute atomic E-state index is 2.69. The lowest BCUT2D eigenvalue weighted by atomic mass is 10.0. The van der Waals surface area contributed by atoms with Gasteiger partial charge in [-0.3, -0.25) is 0 Å². The predicted octanol–water partition coefficient (Wildman–Crippen LogP) is 11.1. The van der Waals surface area contributed by atoms with Crippen LogP contribution in [0.4, 0.5) is 0 Å². The summed E-state index contributed by atoms with van der Waals surface area (Å²) in [5, 5.41) is 12.9. The zero-order valence-electron chi connectivity index (χ0n) is 25.6. The van der Waals surface area contributed by atoms with Gasteiger partial charge in [0.15, 0.2) is 0 Å². The smallest absolute Gasteiger partial charge is 0.0788 e. The molecule has 0 aliphatic heterocycles. The van der Waals surface area contributed by atoms with Gasteiger partial charge in [0.05, 0.1) is 30.1 Å². The molecule has 220 valence electrons. The van der Waals surface area contributed by atoms with Gasteiger partial charge in [-0.2, -0.15) is 0 Å². The van der Waals surface area contributed by atoms with Crippen molar-refractivity contribution in [1.29, 1.82) is 0 Å². The van der Waals surface area contributed by atoms with E-state index in [1.54, 1.807) is 0 Å². The molecule has 0 saturated heterocycles. The van der Waals surface area contributed by atoms with Gasteiger partial charge >= 0.3 is 0 Å². The molecule has 2 nitrogen and oxygen atoms in total. The monoisotopic (exact) mass is 616 g/mol. The topological polar surface area (TPSA) is 9.86 Å². The van der Waals surface area contributed by atoms with Crippen LogP contribution in [0.1, 0.15) is 0 Å². The second kappa shape index (κ2) is 10.4. The van der Waals surface area contributed by atoms with Crippen molar-refractivity contribution in [1.82, 2.24) is 8.90 Å². The molecule has 8 aromatic carbocycles. The number of nitrogens with zero attached hydrogens (tertiary/aromatic N) is 2. The lowest BCUT2D eigenvalue weighted by molar-refractivity contribution is 1.18. The molecule has 0 saturated carbocycles. The van der Waals surface area contributed by atoms with E-state index in [1.807, 2.05) is 0 Å². The average molecular weight is 617 g/mol. The molecular formula is C44H29N2P. The van der Waals surface area contributed by atoms with Crippen LogP contribution in [0.5, 0.6) is 0 Å². The number of hydrogen-bond acceptors (Lipinski definition) is 0. The summed E-state index contributed by atoms with van der Waals surface area (Å²) in [4.78, 5) is 0. The fourth-order valence-electron chi connectivity index (χ4n) is 7.69. The summed E-state index contributed by atoms with van der Waals surface area (Å²) < 4.78 is 5.21. The van der Waals surface area contributed by atoms with Crippen LogP contribution in [0.3, 0.4) is 0 Å². The Hall–Kier alpha value is -5.69. The van der Waals surface area contributed by atoms with Crippen LogP contribution in [0.2, 0.25) is 0 Å². The van der Waals surface area contributed by atoms with Crippen LogP contribution in [0.25, 0.3) is 70.8 Å². The van der Waals surface area contributed by atoms with Crippen LogP contribution >= 0.6 is 8.07 Å². The van der Waals surface area contributed by atoms with Gasteiger partial charge in [-0.05, 0) is 45.8 Å². The summed E-state index contributed by atoms with van der Waals surface area (Å²) in [7, 11) is -0.979. The molecule has 10 rings (SSSR count). The largest absolute Gasteiger partial charge is 0.308 e. The van der Waals surface area contributed by atoms with Gasteiger partial charge in [-0.25, -0.2) is 0 Å². The first-order valence-corrected chi connectivity index (χ1v) is 17.4. The molecule has 0 amide bonds. The summed E-state index contributed by atoms with van der Waals surface area (Å²) in [6.07, 6.45) is 0. The SMILES string of the molecule is c1ccc(-n2c3ccc4ccccc4c3c3ccc4c5c6ccccc6ccc5n(P(c5ccccc5)c5ccccc5)c4c32)cc1. The fraction of sp³-hybridized carbons (Fsp3) is 0. The molecule has 0 aliphatic carbocycles. The molecule has 3 heteroatoms. The first-order chi connectivity index (χ1) is 23.4. The number of aromatic nitrogens is 2. The van der Waals surface area contributed by atoms with E-state index >= 15 is 0 Å². The number of benzene rings is 8.